The SMILES string of the molecule is CC(C)(NC(=O)Nc1ccc([N+](=O)[O-])cc1)C(=O)N(CC1(c2ccccn2)CCCCC1)[C@@H]1C=Nc2ccccc21. The fourth-order valence-corrected chi connectivity index (χ4v) is 5.88. The predicted molar refractivity (Wildman–Crippen MR) is 157 cm³/mol. The number of anilines is 1. The van der Waals surface area contributed by atoms with Crippen molar-refractivity contribution in [3.05, 3.63) is 94.3 Å². The monoisotopic (exact) mass is 554 g/mol. The largest absolute Gasteiger partial charge is 0.328 e. The van der Waals surface area contributed by atoms with Crippen LogP contribution in [0.3, 0.4) is 0 Å². The Kier molecular flexibility index (Phi) is 7.83. The van der Waals surface area contributed by atoms with E-state index in [0.29, 0.717) is 12.2 Å². The maximum Gasteiger partial charge on any atom is 0.320 e. The molecule has 1 fully saturated rings. The molecule has 3 aromatic rings. The lowest BCUT2D eigenvalue weighted by atomic mass is 9.70. The van der Waals surface area contributed by atoms with Crippen molar-refractivity contribution in [2.75, 3.05) is 11.9 Å². The molecular formula is C31H34N6O4. The number of nitrogens with one attached hydrogen (secondary N) is 2. The topological polar surface area (TPSA) is 130 Å². The second-order valence-electron chi connectivity index (χ2n) is 11.3. The van der Waals surface area contributed by atoms with Crippen LogP contribution in [0.4, 0.5) is 21.9 Å². The molecule has 212 valence electrons. The van der Waals surface area contributed by atoms with Crippen LogP contribution in [0, 0.1) is 10.1 Å². The molecule has 1 saturated carbocycles. The maximum atomic E-state index is 14.4. The number of nitro groups is 1. The number of para-hydroxylation sites is 1. The van der Waals surface area contributed by atoms with Gasteiger partial charge in [-0.25, -0.2) is 4.79 Å². The lowest BCUT2D eigenvalue weighted by Crippen LogP contribution is -2.59. The summed E-state index contributed by atoms with van der Waals surface area (Å²) in [7, 11) is 0. The van der Waals surface area contributed by atoms with Crippen LogP contribution in [0.1, 0.15) is 63.3 Å². The number of hydrogen-bond donors (Lipinski definition) is 2. The molecule has 5 rings (SSSR count). The molecule has 0 saturated heterocycles. The zero-order valence-corrected chi connectivity index (χ0v) is 23.2. The molecule has 2 aromatic carbocycles. The number of aromatic nitrogens is 1. The Morgan fingerprint density at radius 2 is 1.73 bits per heavy atom. The van der Waals surface area contributed by atoms with Crippen LogP contribution in [0.2, 0.25) is 0 Å². The van der Waals surface area contributed by atoms with E-state index in [-0.39, 0.29) is 23.1 Å². The number of non-ortho nitro benzene ring substituents is 1. The molecule has 1 aliphatic carbocycles. The molecule has 0 radical (unpaired) electrons. The van der Waals surface area contributed by atoms with Gasteiger partial charge in [0.1, 0.15) is 5.54 Å². The highest BCUT2D eigenvalue weighted by Crippen LogP contribution is 2.43. The van der Waals surface area contributed by atoms with Crippen molar-refractivity contribution in [1.82, 2.24) is 15.2 Å². The van der Waals surface area contributed by atoms with Gasteiger partial charge in [-0.3, -0.25) is 24.9 Å². The van der Waals surface area contributed by atoms with E-state index in [1.165, 1.54) is 24.3 Å². The van der Waals surface area contributed by atoms with Crippen LogP contribution < -0.4 is 10.6 Å². The van der Waals surface area contributed by atoms with Crippen LogP contribution >= 0.6 is 0 Å². The van der Waals surface area contributed by atoms with Crippen molar-refractivity contribution in [1.29, 1.82) is 0 Å². The number of carbonyl (C=O) groups is 2. The molecule has 41 heavy (non-hydrogen) atoms. The summed E-state index contributed by atoms with van der Waals surface area (Å²) < 4.78 is 0. The third-order valence-corrected chi connectivity index (χ3v) is 8.00. The lowest BCUT2D eigenvalue weighted by Gasteiger charge is -2.44. The quantitative estimate of drug-likeness (QED) is 0.258. The first kappa shape index (κ1) is 27.9. The number of amides is 3. The number of fused-ring (bicyclic) bond motifs is 1. The highest BCUT2D eigenvalue weighted by atomic mass is 16.6. The Morgan fingerprint density at radius 1 is 1.02 bits per heavy atom. The van der Waals surface area contributed by atoms with E-state index in [1.807, 2.05) is 53.6 Å². The Bertz CT molecular complexity index is 1450. The first-order valence-corrected chi connectivity index (χ1v) is 13.9. The van der Waals surface area contributed by atoms with Gasteiger partial charge in [0.15, 0.2) is 0 Å². The minimum Gasteiger partial charge on any atom is -0.328 e. The lowest BCUT2D eigenvalue weighted by molar-refractivity contribution is -0.384. The molecule has 2 heterocycles. The zero-order chi connectivity index (χ0) is 29.0. The van der Waals surface area contributed by atoms with Gasteiger partial charge >= 0.3 is 6.03 Å². The molecule has 0 bridgehead atoms. The van der Waals surface area contributed by atoms with Crippen LogP contribution in [-0.4, -0.2) is 45.0 Å². The number of pyridine rings is 1. The van der Waals surface area contributed by atoms with E-state index < -0.39 is 16.5 Å². The molecule has 3 amide bonds. The van der Waals surface area contributed by atoms with Crippen LogP contribution in [0.15, 0.2) is 77.9 Å². The van der Waals surface area contributed by atoms with Gasteiger partial charge in [-0.15, -0.1) is 0 Å². The van der Waals surface area contributed by atoms with Gasteiger partial charge in [-0.1, -0.05) is 43.5 Å². The number of benzene rings is 2. The fraction of sp³-hybridized carbons (Fsp3) is 0.355. The minimum absolute atomic E-state index is 0.0786. The standard InChI is InChI=1S/C31H34N6O4/c1-30(2,35-29(39)34-22-13-15-23(16-14-22)37(40)41)28(38)36(26-20-33-25-11-5-4-10-24(25)26)21-31(17-7-3-8-18-31)27-12-6-9-19-32-27/h4-6,9-16,19-20,26H,3,7-8,17-18,21H2,1-2H3,(H2,34,35,39)/t26-/m1/s1. The average Bonchev–Trinajstić information content (AvgIpc) is 3.40. The summed E-state index contributed by atoms with van der Waals surface area (Å²) in [5.74, 6) is -0.245. The van der Waals surface area contributed by atoms with Gasteiger partial charge < -0.3 is 15.5 Å². The van der Waals surface area contributed by atoms with Gasteiger partial charge in [0.2, 0.25) is 5.91 Å². The van der Waals surface area contributed by atoms with Crippen molar-refractivity contribution in [3.63, 3.8) is 0 Å². The molecule has 2 N–H and O–H groups in total. The highest BCUT2D eigenvalue weighted by Gasteiger charge is 2.44. The van der Waals surface area contributed by atoms with Gasteiger partial charge in [0.05, 0.1) is 16.7 Å². The number of rotatable bonds is 8. The molecule has 1 aromatic heterocycles. The molecule has 0 spiro atoms. The number of hydrogen-bond acceptors (Lipinski definition) is 6. The summed E-state index contributed by atoms with van der Waals surface area (Å²) in [5.41, 5.74) is 1.44. The fourth-order valence-electron chi connectivity index (χ4n) is 5.88. The van der Waals surface area contributed by atoms with E-state index in [9.17, 15) is 19.7 Å². The maximum absolute atomic E-state index is 14.4. The third-order valence-electron chi connectivity index (χ3n) is 8.00. The van der Waals surface area contributed by atoms with E-state index in [0.717, 1.165) is 49.0 Å². The Balaban J connectivity index is 1.43. The summed E-state index contributed by atoms with van der Waals surface area (Å²) in [5, 5.41) is 16.5. The van der Waals surface area contributed by atoms with Gasteiger partial charge in [0.25, 0.3) is 5.69 Å². The summed E-state index contributed by atoms with van der Waals surface area (Å²) in [6.45, 7) is 3.80. The summed E-state index contributed by atoms with van der Waals surface area (Å²) in [4.78, 5) is 49.1. The normalized spacial score (nSPS) is 17.4. The molecule has 10 heteroatoms. The first-order chi connectivity index (χ1) is 19.7. The van der Waals surface area contributed by atoms with Crippen LogP contribution in [0.25, 0.3) is 0 Å². The zero-order valence-electron chi connectivity index (χ0n) is 23.2. The number of aliphatic imine (C=N–C) groups is 1. The summed E-state index contributed by atoms with van der Waals surface area (Å²) in [6, 6.07) is 18.3. The number of nitro benzene ring substituents is 1. The smallest absolute Gasteiger partial charge is 0.320 e. The molecule has 1 aliphatic heterocycles. The summed E-state index contributed by atoms with van der Waals surface area (Å²) in [6.07, 6.45) is 8.68. The average molecular weight is 555 g/mol. The molecular weight excluding hydrogens is 520 g/mol. The van der Waals surface area contributed by atoms with Crippen molar-refractivity contribution in [2.45, 2.75) is 62.9 Å². The van der Waals surface area contributed by atoms with E-state index in [2.05, 4.69) is 15.6 Å². The highest BCUT2D eigenvalue weighted by molar-refractivity contribution is 5.97. The number of carbonyl (C=O) groups excluding carboxylic acids is 2. The van der Waals surface area contributed by atoms with Crippen molar-refractivity contribution in [3.8, 4) is 0 Å². The van der Waals surface area contributed by atoms with Gasteiger partial charge in [0, 0.05) is 53.4 Å². The number of urea groups is 1. The van der Waals surface area contributed by atoms with E-state index >= 15 is 0 Å². The van der Waals surface area contributed by atoms with Crippen molar-refractivity contribution >= 4 is 35.2 Å². The van der Waals surface area contributed by atoms with Crippen molar-refractivity contribution in [2.24, 2.45) is 4.99 Å². The molecule has 0 unspecified atom stereocenters. The second kappa shape index (κ2) is 11.5. The van der Waals surface area contributed by atoms with Crippen LogP contribution in [0.5, 0.6) is 0 Å². The predicted octanol–water partition coefficient (Wildman–Crippen LogP) is 6.08. The molecule has 1 atom stereocenters. The Morgan fingerprint density at radius 3 is 2.41 bits per heavy atom. The Labute approximate surface area is 239 Å². The van der Waals surface area contributed by atoms with Gasteiger partial charge in [-0.05, 0) is 57.0 Å². The second-order valence-corrected chi connectivity index (χ2v) is 11.3. The molecule has 10 nitrogen and oxygen atoms in total. The van der Waals surface area contributed by atoms with Crippen molar-refractivity contribution < 1.29 is 14.5 Å². The Hall–Kier alpha value is -4.60. The molecule has 2 aliphatic rings. The van der Waals surface area contributed by atoms with Gasteiger partial charge in [-0.2, -0.15) is 0 Å². The third kappa shape index (κ3) is 5.96. The first-order valence-electron chi connectivity index (χ1n) is 13.9. The van der Waals surface area contributed by atoms with Crippen LogP contribution in [-0.2, 0) is 10.2 Å². The minimum atomic E-state index is -1.28. The van der Waals surface area contributed by atoms with E-state index in [1.54, 1.807) is 20.0 Å². The number of nitrogens with zero attached hydrogens (tertiary/aromatic N) is 4. The van der Waals surface area contributed by atoms with E-state index in [4.69, 9.17) is 4.98 Å². The summed E-state index contributed by atoms with van der Waals surface area (Å²) >= 11 is 0.